The van der Waals surface area contributed by atoms with Crippen molar-refractivity contribution in [3.63, 3.8) is 0 Å². The third-order valence-corrected chi connectivity index (χ3v) is 4.79. The molecule has 2 aliphatic carbocycles. The van der Waals surface area contributed by atoms with Gasteiger partial charge in [0.1, 0.15) is 6.10 Å². The van der Waals surface area contributed by atoms with Crippen molar-refractivity contribution in [3.05, 3.63) is 22.8 Å². The molecule has 1 aliphatic heterocycles. The number of fused-ring (bicyclic) bond motifs is 3. The summed E-state index contributed by atoms with van der Waals surface area (Å²) in [5.74, 6) is -0.300. The van der Waals surface area contributed by atoms with Crippen molar-refractivity contribution in [1.29, 1.82) is 0 Å². The third-order valence-electron chi connectivity index (χ3n) is 4.79. The molecule has 19 heavy (non-hydrogen) atoms. The molecule has 0 amide bonds. The van der Waals surface area contributed by atoms with E-state index in [1.807, 2.05) is 13.8 Å². The van der Waals surface area contributed by atoms with Crippen molar-refractivity contribution >= 4 is 11.8 Å². The zero-order valence-corrected chi connectivity index (χ0v) is 11.2. The van der Waals surface area contributed by atoms with Gasteiger partial charge in [0.05, 0.1) is 12.5 Å². The molecule has 1 N–H and O–H groups in total. The first kappa shape index (κ1) is 12.6. The van der Waals surface area contributed by atoms with Crippen LogP contribution in [0.1, 0.15) is 26.7 Å². The number of esters is 1. The summed E-state index contributed by atoms with van der Waals surface area (Å²) >= 11 is 0. The predicted octanol–water partition coefficient (Wildman–Crippen LogP) is 1.39. The highest BCUT2D eigenvalue weighted by Crippen LogP contribution is 2.47. The molecule has 102 valence electrons. The van der Waals surface area contributed by atoms with E-state index in [0.717, 1.165) is 17.6 Å². The van der Waals surface area contributed by atoms with Crippen LogP contribution in [-0.2, 0) is 14.3 Å². The van der Waals surface area contributed by atoms with Crippen LogP contribution in [0, 0.1) is 17.8 Å². The molecule has 0 spiro atoms. The maximum atomic E-state index is 12.1. The monoisotopic (exact) mass is 262 g/mol. The molecular weight excluding hydrogens is 244 g/mol. The summed E-state index contributed by atoms with van der Waals surface area (Å²) in [6.07, 6.45) is 2.87. The molecule has 1 fully saturated rings. The summed E-state index contributed by atoms with van der Waals surface area (Å²) in [5.41, 5.74) is 2.44. The van der Waals surface area contributed by atoms with Gasteiger partial charge in [-0.05, 0) is 31.4 Å². The Morgan fingerprint density at radius 3 is 2.84 bits per heavy atom. The Hall–Kier alpha value is -1.42. The molecule has 4 atom stereocenters. The smallest absolute Gasteiger partial charge is 0.309 e. The number of carbonyl (C=O) groups excluding carboxylic acids is 2. The molecule has 1 saturated heterocycles. The molecule has 4 heteroatoms. The van der Waals surface area contributed by atoms with Gasteiger partial charge in [0.25, 0.3) is 0 Å². The molecule has 3 rings (SSSR count). The number of ether oxygens (including phenoxy) is 1. The lowest BCUT2D eigenvalue weighted by atomic mass is 9.81. The number of carbonyl (C=O) groups is 2. The fourth-order valence-corrected chi connectivity index (χ4v) is 3.73. The Morgan fingerprint density at radius 2 is 2.16 bits per heavy atom. The molecule has 0 saturated carbocycles. The van der Waals surface area contributed by atoms with Crippen molar-refractivity contribution in [2.45, 2.75) is 32.8 Å². The van der Waals surface area contributed by atoms with Gasteiger partial charge >= 0.3 is 5.97 Å². The van der Waals surface area contributed by atoms with Gasteiger partial charge in [0, 0.05) is 17.4 Å². The number of aliphatic hydroxyl groups is 1. The van der Waals surface area contributed by atoms with E-state index in [1.165, 1.54) is 0 Å². The Labute approximate surface area is 112 Å². The first-order valence-corrected chi connectivity index (χ1v) is 6.80. The molecule has 3 aliphatic rings. The summed E-state index contributed by atoms with van der Waals surface area (Å²) in [5, 5.41) is 9.51. The second-order valence-corrected chi connectivity index (χ2v) is 5.80. The van der Waals surface area contributed by atoms with Gasteiger partial charge in [-0.15, -0.1) is 0 Å². The highest BCUT2D eigenvalue weighted by Gasteiger charge is 2.51. The molecule has 0 radical (unpaired) electrons. The molecule has 0 aromatic rings. The minimum Gasteiger partial charge on any atom is -0.461 e. The van der Waals surface area contributed by atoms with Crippen molar-refractivity contribution in [3.8, 4) is 0 Å². The summed E-state index contributed by atoms with van der Waals surface area (Å²) in [4.78, 5) is 23.9. The van der Waals surface area contributed by atoms with Crippen LogP contribution >= 0.6 is 0 Å². The molecule has 4 nitrogen and oxygen atoms in total. The van der Waals surface area contributed by atoms with Gasteiger partial charge in [-0.2, -0.15) is 0 Å². The normalized spacial score (nSPS) is 37.7. The third kappa shape index (κ3) is 1.70. The van der Waals surface area contributed by atoms with Gasteiger partial charge < -0.3 is 9.84 Å². The molecule has 1 heterocycles. The van der Waals surface area contributed by atoms with Gasteiger partial charge in [-0.25, -0.2) is 0 Å². The SMILES string of the molecule is CC1=CC(=O)C2=C(CO)CC[C@@H]3[C@H](OC(=O)[C@@H]3C)[C@@H]12. The van der Waals surface area contributed by atoms with E-state index in [4.69, 9.17) is 4.74 Å². The highest BCUT2D eigenvalue weighted by molar-refractivity contribution is 6.09. The maximum absolute atomic E-state index is 12.1. The number of hydrogen-bond donors (Lipinski definition) is 1. The summed E-state index contributed by atoms with van der Waals surface area (Å²) in [6, 6.07) is 0. The minimum atomic E-state index is -0.232. The van der Waals surface area contributed by atoms with E-state index in [-0.39, 0.29) is 42.2 Å². The number of hydrogen-bond acceptors (Lipinski definition) is 4. The van der Waals surface area contributed by atoms with E-state index >= 15 is 0 Å². The van der Waals surface area contributed by atoms with Gasteiger partial charge in [-0.1, -0.05) is 12.5 Å². The van der Waals surface area contributed by atoms with E-state index < -0.39 is 0 Å². The van der Waals surface area contributed by atoms with Crippen molar-refractivity contribution in [1.82, 2.24) is 0 Å². The Balaban J connectivity index is 2.07. The minimum absolute atomic E-state index is 0.0252. The molecule has 0 aromatic carbocycles. The molecular formula is C15H18O4. The van der Waals surface area contributed by atoms with Crippen LogP contribution in [0.25, 0.3) is 0 Å². The van der Waals surface area contributed by atoms with E-state index in [0.29, 0.717) is 12.0 Å². The lowest BCUT2D eigenvalue weighted by Crippen LogP contribution is -2.28. The second-order valence-electron chi connectivity index (χ2n) is 5.80. The van der Waals surface area contributed by atoms with Crippen molar-refractivity contribution in [2.75, 3.05) is 6.61 Å². The van der Waals surface area contributed by atoms with Gasteiger partial charge in [-0.3, -0.25) is 9.59 Å². The summed E-state index contributed by atoms with van der Waals surface area (Å²) in [6.45, 7) is 3.72. The Kier molecular flexibility index (Phi) is 2.86. The summed E-state index contributed by atoms with van der Waals surface area (Å²) < 4.78 is 5.54. The molecule has 0 aromatic heterocycles. The van der Waals surface area contributed by atoms with Crippen LogP contribution in [0.2, 0.25) is 0 Å². The van der Waals surface area contributed by atoms with E-state index in [1.54, 1.807) is 6.08 Å². The fourth-order valence-electron chi connectivity index (χ4n) is 3.73. The Bertz CT molecular complexity index is 514. The second kappa shape index (κ2) is 4.30. The van der Waals surface area contributed by atoms with Crippen LogP contribution < -0.4 is 0 Å². The van der Waals surface area contributed by atoms with Crippen LogP contribution in [0.15, 0.2) is 22.8 Å². The Morgan fingerprint density at radius 1 is 1.42 bits per heavy atom. The average molecular weight is 262 g/mol. The first-order valence-electron chi connectivity index (χ1n) is 6.80. The summed E-state index contributed by atoms with van der Waals surface area (Å²) in [7, 11) is 0. The number of rotatable bonds is 1. The molecule has 0 unspecified atom stereocenters. The zero-order valence-electron chi connectivity index (χ0n) is 11.2. The lowest BCUT2D eigenvalue weighted by Gasteiger charge is -2.24. The van der Waals surface area contributed by atoms with Crippen molar-refractivity contribution in [2.24, 2.45) is 17.8 Å². The van der Waals surface area contributed by atoms with Crippen molar-refractivity contribution < 1.29 is 19.4 Å². The lowest BCUT2D eigenvalue weighted by molar-refractivity contribution is -0.144. The largest absolute Gasteiger partial charge is 0.461 e. The first-order chi connectivity index (χ1) is 9.04. The van der Waals surface area contributed by atoms with Gasteiger partial charge in [0.2, 0.25) is 0 Å². The fraction of sp³-hybridized carbons (Fsp3) is 0.600. The number of aliphatic hydroxyl groups excluding tert-OH is 1. The topological polar surface area (TPSA) is 63.6 Å². The van der Waals surface area contributed by atoms with Crippen LogP contribution in [0.4, 0.5) is 0 Å². The zero-order chi connectivity index (χ0) is 13.7. The van der Waals surface area contributed by atoms with E-state index in [2.05, 4.69) is 0 Å². The van der Waals surface area contributed by atoms with Crippen LogP contribution in [0.5, 0.6) is 0 Å². The van der Waals surface area contributed by atoms with Gasteiger partial charge in [0.15, 0.2) is 5.78 Å². The quantitative estimate of drug-likeness (QED) is 0.725. The number of ketones is 1. The van der Waals surface area contributed by atoms with E-state index in [9.17, 15) is 14.7 Å². The van der Waals surface area contributed by atoms with Crippen LogP contribution in [0.3, 0.4) is 0 Å². The maximum Gasteiger partial charge on any atom is 0.309 e. The highest BCUT2D eigenvalue weighted by atomic mass is 16.6. The predicted molar refractivity (Wildman–Crippen MR) is 68.1 cm³/mol. The average Bonchev–Trinajstić information content (AvgIpc) is 2.74. The number of allylic oxidation sites excluding steroid dienone is 1. The van der Waals surface area contributed by atoms with Crippen LogP contribution in [-0.4, -0.2) is 29.6 Å². The standard InChI is InChI=1S/C15H18O4/c1-7-5-11(17)13-9(6-16)3-4-10-8(2)15(18)19-14(10)12(7)13/h5,8,10,12,14,16H,3-4,6H2,1-2H3/t8-,10+,12+,14+/m1/s1. The molecule has 0 bridgehead atoms.